The maximum absolute atomic E-state index is 11.0. The maximum Gasteiger partial charge on any atom is 0.308 e. The van der Waals surface area contributed by atoms with E-state index in [0.29, 0.717) is 11.5 Å². The van der Waals surface area contributed by atoms with Crippen LogP contribution in [-0.2, 0) is 4.79 Å². The van der Waals surface area contributed by atoms with E-state index in [0.717, 1.165) is 24.1 Å². The van der Waals surface area contributed by atoms with Crippen LogP contribution >= 0.6 is 0 Å². The summed E-state index contributed by atoms with van der Waals surface area (Å²) in [4.78, 5) is 16.5. The first-order chi connectivity index (χ1) is 9.52. The van der Waals surface area contributed by atoms with Crippen LogP contribution in [0.1, 0.15) is 52.0 Å². The first kappa shape index (κ1) is 16.2. The van der Waals surface area contributed by atoms with Crippen molar-refractivity contribution < 1.29 is 14.4 Å². The van der Waals surface area contributed by atoms with Crippen LogP contribution in [0.3, 0.4) is 0 Å². The third-order valence-corrected chi connectivity index (χ3v) is 2.79. The van der Waals surface area contributed by atoms with E-state index in [1.807, 2.05) is 19.9 Å². The Balaban J connectivity index is 2.72. The second-order valence-electron chi connectivity index (χ2n) is 4.92. The number of oxime groups is 1. The summed E-state index contributed by atoms with van der Waals surface area (Å²) in [6, 6.07) is 5.39. The van der Waals surface area contributed by atoms with Gasteiger partial charge in [0.25, 0.3) is 0 Å². The molecule has 20 heavy (non-hydrogen) atoms. The van der Waals surface area contributed by atoms with Crippen molar-refractivity contribution in [2.45, 2.75) is 53.4 Å². The summed E-state index contributed by atoms with van der Waals surface area (Å²) in [6.07, 6.45) is 4.40. The molecular formula is C16H23NO3. The average Bonchev–Trinajstić information content (AvgIpc) is 2.39. The Labute approximate surface area is 120 Å². The summed E-state index contributed by atoms with van der Waals surface area (Å²) in [5.41, 5.74) is 1.96. The molecule has 4 heteroatoms. The molecule has 0 saturated heterocycles. The zero-order valence-electron chi connectivity index (χ0n) is 12.7. The first-order valence-electron chi connectivity index (χ1n) is 7.02. The van der Waals surface area contributed by atoms with Gasteiger partial charge >= 0.3 is 5.97 Å². The lowest BCUT2D eigenvalue weighted by atomic mass is 10.1. The summed E-state index contributed by atoms with van der Waals surface area (Å²) >= 11 is 0. The number of unbranched alkanes of at least 4 members (excludes halogenated alkanes) is 2. The molecule has 0 unspecified atom stereocenters. The molecule has 1 aromatic carbocycles. The molecule has 0 bridgehead atoms. The minimum atomic E-state index is -0.373. The SMILES string of the molecule is CCCCC/C(C)=N/Oc1cc(C)ccc1OC(C)=O. The zero-order valence-corrected chi connectivity index (χ0v) is 12.7. The van der Waals surface area contributed by atoms with Gasteiger partial charge in [-0.15, -0.1) is 0 Å². The van der Waals surface area contributed by atoms with Crippen molar-refractivity contribution in [3.8, 4) is 11.5 Å². The fraction of sp³-hybridized carbons (Fsp3) is 0.500. The molecule has 0 fully saturated rings. The standard InChI is InChI=1S/C16H23NO3/c1-5-6-7-8-13(3)17-20-16-11-12(2)9-10-15(16)19-14(4)18/h9-11H,5-8H2,1-4H3/b17-13+. The fourth-order valence-electron chi connectivity index (χ4n) is 1.73. The van der Waals surface area contributed by atoms with Crippen molar-refractivity contribution in [1.82, 2.24) is 0 Å². The molecule has 0 aliphatic carbocycles. The highest BCUT2D eigenvalue weighted by Crippen LogP contribution is 2.28. The number of esters is 1. The minimum Gasteiger partial charge on any atom is -0.423 e. The number of ether oxygens (including phenoxy) is 1. The molecule has 0 radical (unpaired) electrons. The van der Waals surface area contributed by atoms with Crippen molar-refractivity contribution in [3.05, 3.63) is 23.8 Å². The molecular weight excluding hydrogens is 254 g/mol. The van der Waals surface area contributed by atoms with Gasteiger partial charge in [-0.05, 0) is 44.4 Å². The summed E-state index contributed by atoms with van der Waals surface area (Å²) in [7, 11) is 0. The van der Waals surface area contributed by atoms with E-state index in [1.54, 1.807) is 12.1 Å². The lowest BCUT2D eigenvalue weighted by Gasteiger charge is -2.08. The number of benzene rings is 1. The van der Waals surface area contributed by atoms with Crippen LogP contribution in [-0.4, -0.2) is 11.7 Å². The second-order valence-corrected chi connectivity index (χ2v) is 4.92. The van der Waals surface area contributed by atoms with Gasteiger partial charge in [0.15, 0.2) is 5.75 Å². The van der Waals surface area contributed by atoms with Crippen molar-refractivity contribution in [2.75, 3.05) is 0 Å². The summed E-state index contributed by atoms with van der Waals surface area (Å²) in [6.45, 7) is 7.42. The highest BCUT2D eigenvalue weighted by molar-refractivity contribution is 5.81. The molecule has 0 spiro atoms. The van der Waals surface area contributed by atoms with E-state index in [9.17, 15) is 4.79 Å². The van der Waals surface area contributed by atoms with Gasteiger partial charge in [0.1, 0.15) is 0 Å². The Morgan fingerprint density at radius 2 is 1.95 bits per heavy atom. The quantitative estimate of drug-likeness (QED) is 0.246. The lowest BCUT2D eigenvalue weighted by Crippen LogP contribution is -2.03. The van der Waals surface area contributed by atoms with Crippen LogP contribution in [0, 0.1) is 6.92 Å². The van der Waals surface area contributed by atoms with Crippen LogP contribution in [0.25, 0.3) is 0 Å². The molecule has 0 aromatic heterocycles. The van der Waals surface area contributed by atoms with Gasteiger partial charge in [-0.2, -0.15) is 0 Å². The van der Waals surface area contributed by atoms with Gasteiger partial charge in [-0.25, -0.2) is 0 Å². The van der Waals surface area contributed by atoms with Crippen LogP contribution in [0.5, 0.6) is 11.5 Å². The van der Waals surface area contributed by atoms with E-state index in [2.05, 4.69) is 12.1 Å². The molecule has 110 valence electrons. The average molecular weight is 277 g/mol. The van der Waals surface area contributed by atoms with E-state index in [4.69, 9.17) is 9.57 Å². The summed E-state index contributed by atoms with van der Waals surface area (Å²) < 4.78 is 5.10. The zero-order chi connectivity index (χ0) is 15.0. The van der Waals surface area contributed by atoms with Crippen molar-refractivity contribution in [2.24, 2.45) is 5.16 Å². The highest BCUT2D eigenvalue weighted by Gasteiger charge is 2.08. The fourth-order valence-corrected chi connectivity index (χ4v) is 1.73. The predicted octanol–water partition coefficient (Wildman–Crippen LogP) is 4.26. The van der Waals surface area contributed by atoms with Gasteiger partial charge in [-0.1, -0.05) is 31.0 Å². The Hall–Kier alpha value is -1.84. The summed E-state index contributed by atoms with van der Waals surface area (Å²) in [5, 5.41) is 4.10. The number of hydrogen-bond donors (Lipinski definition) is 0. The van der Waals surface area contributed by atoms with Crippen molar-refractivity contribution >= 4 is 11.7 Å². The van der Waals surface area contributed by atoms with E-state index in [1.165, 1.54) is 19.8 Å². The monoisotopic (exact) mass is 277 g/mol. The van der Waals surface area contributed by atoms with Crippen molar-refractivity contribution in [3.63, 3.8) is 0 Å². The predicted molar refractivity (Wildman–Crippen MR) is 80.4 cm³/mol. The number of carbonyl (C=O) groups excluding carboxylic acids is 1. The topological polar surface area (TPSA) is 47.9 Å². The van der Waals surface area contributed by atoms with Gasteiger partial charge in [0, 0.05) is 6.92 Å². The number of aryl methyl sites for hydroxylation is 1. The molecule has 0 aliphatic heterocycles. The van der Waals surface area contributed by atoms with Gasteiger partial charge in [0.2, 0.25) is 5.75 Å². The highest BCUT2D eigenvalue weighted by atomic mass is 16.6. The van der Waals surface area contributed by atoms with E-state index in [-0.39, 0.29) is 5.97 Å². The molecule has 0 saturated carbocycles. The molecule has 0 N–H and O–H groups in total. The first-order valence-corrected chi connectivity index (χ1v) is 7.02. The third kappa shape index (κ3) is 5.87. The van der Waals surface area contributed by atoms with E-state index < -0.39 is 0 Å². The Bertz CT molecular complexity index is 481. The molecule has 1 rings (SSSR count). The number of hydrogen-bond acceptors (Lipinski definition) is 4. The Kier molecular flexibility index (Phi) is 6.77. The largest absolute Gasteiger partial charge is 0.423 e. The van der Waals surface area contributed by atoms with Crippen LogP contribution in [0.2, 0.25) is 0 Å². The lowest BCUT2D eigenvalue weighted by molar-refractivity contribution is -0.132. The number of nitrogens with zero attached hydrogens (tertiary/aromatic N) is 1. The molecule has 4 nitrogen and oxygen atoms in total. The van der Waals surface area contributed by atoms with Gasteiger partial charge in [0.05, 0.1) is 5.71 Å². The minimum absolute atomic E-state index is 0.373. The Morgan fingerprint density at radius 1 is 1.20 bits per heavy atom. The maximum atomic E-state index is 11.0. The van der Waals surface area contributed by atoms with Crippen molar-refractivity contribution in [1.29, 1.82) is 0 Å². The molecule has 0 heterocycles. The van der Waals surface area contributed by atoms with Gasteiger partial charge in [-0.3, -0.25) is 4.79 Å². The van der Waals surface area contributed by atoms with Crippen LogP contribution in [0.4, 0.5) is 0 Å². The summed E-state index contributed by atoms with van der Waals surface area (Å²) in [5.74, 6) is 0.491. The van der Waals surface area contributed by atoms with E-state index >= 15 is 0 Å². The molecule has 0 atom stereocenters. The number of rotatable bonds is 7. The normalized spacial score (nSPS) is 11.3. The second kappa shape index (κ2) is 8.35. The van der Waals surface area contributed by atoms with Gasteiger partial charge < -0.3 is 9.57 Å². The number of carbonyl (C=O) groups is 1. The Morgan fingerprint density at radius 3 is 2.60 bits per heavy atom. The molecule has 0 amide bonds. The molecule has 0 aliphatic rings. The molecule has 1 aromatic rings. The van der Waals surface area contributed by atoms with Crippen LogP contribution < -0.4 is 9.57 Å². The smallest absolute Gasteiger partial charge is 0.308 e. The third-order valence-electron chi connectivity index (χ3n) is 2.79. The van der Waals surface area contributed by atoms with Crippen LogP contribution in [0.15, 0.2) is 23.4 Å².